The Morgan fingerprint density at radius 2 is 1.50 bits per heavy atom. The fraction of sp³-hybridized carbons (Fsp3) is 0.316. The van der Waals surface area contributed by atoms with Gasteiger partial charge in [0.2, 0.25) is 5.71 Å². The first-order valence-electron chi connectivity index (χ1n) is 7.65. The molecule has 2 aliphatic rings. The van der Waals surface area contributed by atoms with Crippen LogP contribution in [-0.4, -0.2) is 12.3 Å². The summed E-state index contributed by atoms with van der Waals surface area (Å²) in [5.74, 6) is 0. The summed E-state index contributed by atoms with van der Waals surface area (Å²) in [5, 5.41) is 0. The predicted octanol–water partition coefficient (Wildman–Crippen LogP) is 2.43. The topological polar surface area (TPSA) is 14.0 Å². The summed E-state index contributed by atoms with van der Waals surface area (Å²) in [5.41, 5.74) is 5.96. The van der Waals surface area contributed by atoms with Gasteiger partial charge in [-0.2, -0.15) is 0 Å². The summed E-state index contributed by atoms with van der Waals surface area (Å²) in [6.45, 7) is 1.09. The lowest BCUT2D eigenvalue weighted by atomic mass is 9.73. The third-order valence-electron chi connectivity index (χ3n) is 4.99. The van der Waals surface area contributed by atoms with Gasteiger partial charge < -0.3 is 0 Å². The molecule has 0 radical (unpaired) electrons. The minimum Gasteiger partial charge on any atom is -0.240 e. The quantitative estimate of drug-likeness (QED) is 0.811. The minimum absolute atomic E-state index is 0.384. The highest BCUT2D eigenvalue weighted by molar-refractivity contribution is 6.10. The number of hydrogen-bond donors (Lipinski definition) is 1. The minimum atomic E-state index is 0.384. The standard InChI is InChI=1S/C19H19N/c1-2-8-15(9-3-1)18-16-10-4-5-11-17(16)19(14-20-18)12-6-7-13-19/h1-5,8-11H,6-7,12-14H2/p+1. The first-order chi connectivity index (χ1) is 9.89. The van der Waals surface area contributed by atoms with Crippen LogP contribution in [0.25, 0.3) is 0 Å². The number of benzene rings is 2. The summed E-state index contributed by atoms with van der Waals surface area (Å²) < 4.78 is 0. The van der Waals surface area contributed by atoms with Gasteiger partial charge in [-0.25, -0.2) is 4.99 Å². The zero-order valence-electron chi connectivity index (χ0n) is 11.7. The second-order valence-electron chi connectivity index (χ2n) is 6.13. The Hall–Kier alpha value is -1.89. The van der Waals surface area contributed by atoms with E-state index in [-0.39, 0.29) is 0 Å². The van der Waals surface area contributed by atoms with Crippen molar-refractivity contribution < 1.29 is 4.99 Å². The molecule has 100 valence electrons. The Kier molecular flexibility index (Phi) is 2.73. The third kappa shape index (κ3) is 1.73. The van der Waals surface area contributed by atoms with Crippen molar-refractivity contribution in [1.82, 2.24) is 0 Å². The van der Waals surface area contributed by atoms with E-state index in [4.69, 9.17) is 0 Å². The van der Waals surface area contributed by atoms with Crippen LogP contribution in [0.15, 0.2) is 54.6 Å². The largest absolute Gasteiger partial charge is 0.240 e. The lowest BCUT2D eigenvalue weighted by Crippen LogP contribution is -2.80. The molecule has 0 aromatic heterocycles. The number of hydrogen-bond acceptors (Lipinski definition) is 0. The van der Waals surface area contributed by atoms with Gasteiger partial charge in [-0.15, -0.1) is 0 Å². The lowest BCUT2D eigenvalue weighted by molar-refractivity contribution is -0.470. The van der Waals surface area contributed by atoms with Crippen molar-refractivity contribution in [3.8, 4) is 0 Å². The molecule has 0 saturated heterocycles. The van der Waals surface area contributed by atoms with Crippen LogP contribution in [0, 0.1) is 0 Å². The first kappa shape index (κ1) is 11.9. The fourth-order valence-corrected chi connectivity index (χ4v) is 3.97. The molecule has 1 aliphatic carbocycles. The summed E-state index contributed by atoms with van der Waals surface area (Å²) in [7, 11) is 0. The van der Waals surface area contributed by atoms with Gasteiger partial charge in [-0.05, 0) is 36.6 Å². The lowest BCUT2D eigenvalue weighted by Gasteiger charge is -2.30. The maximum atomic E-state index is 3.74. The van der Waals surface area contributed by atoms with Crippen molar-refractivity contribution in [1.29, 1.82) is 0 Å². The van der Waals surface area contributed by atoms with Crippen molar-refractivity contribution in [3.05, 3.63) is 71.3 Å². The highest BCUT2D eigenvalue weighted by Gasteiger charge is 2.43. The molecule has 1 spiro atoms. The molecule has 0 atom stereocenters. The molecule has 1 N–H and O–H groups in total. The van der Waals surface area contributed by atoms with Crippen LogP contribution in [0.3, 0.4) is 0 Å². The Morgan fingerprint density at radius 3 is 2.30 bits per heavy atom. The summed E-state index contributed by atoms with van der Waals surface area (Å²) in [6.07, 6.45) is 5.41. The van der Waals surface area contributed by atoms with E-state index in [0.717, 1.165) is 6.54 Å². The van der Waals surface area contributed by atoms with E-state index in [2.05, 4.69) is 59.6 Å². The zero-order valence-corrected chi connectivity index (χ0v) is 11.7. The van der Waals surface area contributed by atoms with E-state index in [9.17, 15) is 0 Å². The Bertz CT molecular complexity index is 648. The molecule has 2 aromatic carbocycles. The molecule has 1 saturated carbocycles. The molecule has 4 rings (SSSR count). The van der Waals surface area contributed by atoms with Gasteiger partial charge in [0, 0.05) is 5.56 Å². The molecular weight excluding hydrogens is 242 g/mol. The molecule has 1 nitrogen and oxygen atoms in total. The maximum absolute atomic E-state index is 3.74. The highest BCUT2D eigenvalue weighted by Crippen LogP contribution is 2.42. The van der Waals surface area contributed by atoms with E-state index in [1.807, 2.05) is 0 Å². The summed E-state index contributed by atoms with van der Waals surface area (Å²) in [4.78, 5) is 3.74. The monoisotopic (exact) mass is 262 g/mol. The SMILES string of the molecule is c1ccc(C2=[NH+]CC3(CCCC3)c3ccccc32)cc1. The number of nitrogens with one attached hydrogen (secondary N) is 1. The summed E-state index contributed by atoms with van der Waals surface area (Å²) >= 11 is 0. The predicted molar refractivity (Wildman–Crippen MR) is 82.1 cm³/mol. The third-order valence-corrected chi connectivity index (χ3v) is 4.99. The van der Waals surface area contributed by atoms with Crippen LogP contribution in [0.1, 0.15) is 42.4 Å². The zero-order chi connectivity index (χ0) is 13.4. The number of rotatable bonds is 1. The molecule has 2 aromatic rings. The average molecular weight is 262 g/mol. The van der Waals surface area contributed by atoms with E-state index in [1.54, 1.807) is 5.56 Å². The van der Waals surface area contributed by atoms with Gasteiger partial charge >= 0.3 is 0 Å². The molecule has 0 bridgehead atoms. The van der Waals surface area contributed by atoms with E-state index in [1.165, 1.54) is 42.5 Å². The van der Waals surface area contributed by atoms with E-state index in [0.29, 0.717) is 5.41 Å². The fourth-order valence-electron chi connectivity index (χ4n) is 3.97. The van der Waals surface area contributed by atoms with Crippen LogP contribution in [0.5, 0.6) is 0 Å². The van der Waals surface area contributed by atoms with Gasteiger partial charge in [0.15, 0.2) is 6.54 Å². The smallest absolute Gasteiger partial charge is 0.213 e. The van der Waals surface area contributed by atoms with Crippen molar-refractivity contribution >= 4 is 5.71 Å². The van der Waals surface area contributed by atoms with E-state index >= 15 is 0 Å². The Balaban J connectivity index is 1.87. The van der Waals surface area contributed by atoms with Crippen LogP contribution in [0.2, 0.25) is 0 Å². The van der Waals surface area contributed by atoms with Crippen LogP contribution >= 0.6 is 0 Å². The molecule has 1 fully saturated rings. The Labute approximate surface area is 120 Å². The molecular formula is C19H20N+. The highest BCUT2D eigenvalue weighted by atomic mass is 14.8. The Morgan fingerprint density at radius 1 is 0.800 bits per heavy atom. The average Bonchev–Trinajstić information content (AvgIpc) is 2.98. The second-order valence-corrected chi connectivity index (χ2v) is 6.13. The summed E-state index contributed by atoms with van der Waals surface area (Å²) in [6, 6.07) is 19.7. The second kappa shape index (κ2) is 4.59. The van der Waals surface area contributed by atoms with Gasteiger partial charge in [0.1, 0.15) is 0 Å². The van der Waals surface area contributed by atoms with Crippen LogP contribution in [0.4, 0.5) is 0 Å². The van der Waals surface area contributed by atoms with Crippen molar-refractivity contribution in [2.75, 3.05) is 6.54 Å². The van der Waals surface area contributed by atoms with Gasteiger partial charge in [-0.3, -0.25) is 0 Å². The molecule has 1 heteroatoms. The molecule has 20 heavy (non-hydrogen) atoms. The van der Waals surface area contributed by atoms with Gasteiger partial charge in [0.25, 0.3) is 0 Å². The van der Waals surface area contributed by atoms with Gasteiger partial charge in [-0.1, -0.05) is 49.2 Å². The number of fused-ring (bicyclic) bond motifs is 2. The van der Waals surface area contributed by atoms with Crippen molar-refractivity contribution in [2.24, 2.45) is 0 Å². The van der Waals surface area contributed by atoms with Crippen molar-refractivity contribution in [2.45, 2.75) is 31.1 Å². The first-order valence-corrected chi connectivity index (χ1v) is 7.65. The molecule has 0 amide bonds. The van der Waals surface area contributed by atoms with Crippen molar-refractivity contribution in [3.63, 3.8) is 0 Å². The molecule has 1 aliphatic heterocycles. The molecule has 0 unspecified atom stereocenters. The maximum Gasteiger partial charge on any atom is 0.213 e. The normalized spacial score (nSPS) is 19.7. The van der Waals surface area contributed by atoms with Crippen LogP contribution < -0.4 is 4.99 Å². The molecule has 1 heterocycles. The van der Waals surface area contributed by atoms with Gasteiger partial charge in [0.05, 0.1) is 11.0 Å². The van der Waals surface area contributed by atoms with Crippen LogP contribution in [-0.2, 0) is 5.41 Å². The van der Waals surface area contributed by atoms with E-state index < -0.39 is 0 Å².